The fourth-order valence-electron chi connectivity index (χ4n) is 8.21. The molecule has 3 amide bonds. The number of benzene rings is 3. The molecule has 2 aliphatic rings. The summed E-state index contributed by atoms with van der Waals surface area (Å²) in [7, 11) is 0. The lowest BCUT2D eigenvalue weighted by molar-refractivity contribution is -0.134. The fourth-order valence-corrected chi connectivity index (χ4v) is 8.21. The second-order valence-corrected chi connectivity index (χ2v) is 16.9. The topological polar surface area (TPSA) is 159 Å². The molecule has 0 saturated carbocycles. The Morgan fingerprint density at radius 2 is 1.66 bits per heavy atom. The zero-order valence-corrected chi connectivity index (χ0v) is 33.8. The van der Waals surface area contributed by atoms with Crippen molar-refractivity contribution >= 4 is 28.8 Å². The zero-order valence-electron chi connectivity index (χ0n) is 33.8. The highest BCUT2D eigenvalue weighted by Gasteiger charge is 2.28. The van der Waals surface area contributed by atoms with Gasteiger partial charge in [0, 0.05) is 41.1 Å². The lowest BCUT2D eigenvalue weighted by Gasteiger charge is -2.32. The van der Waals surface area contributed by atoms with Gasteiger partial charge < -0.3 is 14.7 Å². The van der Waals surface area contributed by atoms with E-state index in [0.29, 0.717) is 30.3 Å². The van der Waals surface area contributed by atoms with Crippen molar-refractivity contribution in [1.82, 2.24) is 40.9 Å². The van der Waals surface area contributed by atoms with Gasteiger partial charge in [0.05, 0.1) is 17.7 Å². The number of rotatable bonds is 10. The molecule has 58 heavy (non-hydrogen) atoms. The molecule has 8 rings (SSSR count). The summed E-state index contributed by atoms with van der Waals surface area (Å²) in [4.78, 5) is 48.2. The molecule has 2 fully saturated rings. The van der Waals surface area contributed by atoms with Gasteiger partial charge in [-0.1, -0.05) is 86.6 Å². The van der Waals surface area contributed by atoms with Gasteiger partial charge in [-0.3, -0.25) is 24.8 Å². The number of pyridine rings is 1. The third kappa shape index (κ3) is 8.33. The van der Waals surface area contributed by atoms with Gasteiger partial charge in [0.25, 0.3) is 11.7 Å². The molecule has 0 radical (unpaired) electrons. The number of fused-ring (bicyclic) bond motifs is 1. The first-order valence-corrected chi connectivity index (χ1v) is 20.2. The zero-order chi connectivity index (χ0) is 40.6. The molecule has 2 saturated heterocycles. The number of carbonyl (C=O) groups is 3. The van der Waals surface area contributed by atoms with Crippen LogP contribution in [-0.4, -0.2) is 67.6 Å². The lowest BCUT2D eigenvalue weighted by atomic mass is 9.88. The molecule has 3 aromatic carbocycles. The number of imide groups is 1. The van der Waals surface area contributed by atoms with E-state index in [0.717, 1.165) is 83.4 Å². The third-order valence-corrected chi connectivity index (χ3v) is 11.7. The minimum atomic E-state index is -0.381. The highest BCUT2D eigenvalue weighted by Crippen LogP contribution is 2.34. The number of aromatic amines is 1. The molecule has 0 spiro atoms. The Hall–Kier alpha value is -6.01. The van der Waals surface area contributed by atoms with E-state index in [9.17, 15) is 14.4 Å². The average molecular weight is 779 g/mol. The van der Waals surface area contributed by atoms with E-state index in [4.69, 9.17) is 9.51 Å². The number of aryl methyl sites for hydroxylation is 1. The summed E-state index contributed by atoms with van der Waals surface area (Å²) in [5.41, 5.74) is 9.97. The standard InChI is InChI=1S/C46H50N8O4/c1-27-24-34(14-15-36(27)28(2)48-44(57)42-50-45(58-53-42)46(3,4)5)40-38-25-35(26-47-41(38)52-51-40)31-12-10-30(11-13-31)32-19-22-54(23-20-32)21-18-29-6-8-33(9-7-29)37-16-17-39(55)49-43(37)56/h6-15,24-26,28,32,37H,16-23H2,1-5H3,(H,48,57)(H,47,51,52)(H,49,55,56). The molecule has 12 heteroatoms. The average Bonchev–Trinajstić information content (AvgIpc) is 3.89. The van der Waals surface area contributed by atoms with Crippen molar-refractivity contribution in [1.29, 1.82) is 0 Å². The van der Waals surface area contributed by atoms with E-state index in [1.54, 1.807) is 0 Å². The van der Waals surface area contributed by atoms with Gasteiger partial charge in [-0.05, 0) is 104 Å². The second-order valence-electron chi connectivity index (χ2n) is 16.9. The molecule has 2 aliphatic heterocycles. The summed E-state index contributed by atoms with van der Waals surface area (Å²) in [6.07, 6.45) is 6.08. The maximum Gasteiger partial charge on any atom is 0.293 e. The number of likely N-dealkylation sites (tertiary alicyclic amines) is 1. The molecule has 0 aliphatic carbocycles. The van der Waals surface area contributed by atoms with Gasteiger partial charge in [0.15, 0.2) is 5.65 Å². The summed E-state index contributed by atoms with van der Waals surface area (Å²) in [6.45, 7) is 13.0. The van der Waals surface area contributed by atoms with Gasteiger partial charge >= 0.3 is 0 Å². The van der Waals surface area contributed by atoms with Crippen molar-refractivity contribution < 1.29 is 18.9 Å². The molecule has 0 bridgehead atoms. The molecule has 5 heterocycles. The van der Waals surface area contributed by atoms with Crippen LogP contribution in [0.25, 0.3) is 33.4 Å². The normalized spacial score (nSPS) is 17.4. The Bertz CT molecular complexity index is 2450. The van der Waals surface area contributed by atoms with Crippen molar-refractivity contribution in [3.05, 3.63) is 119 Å². The van der Waals surface area contributed by atoms with Crippen LogP contribution >= 0.6 is 0 Å². The van der Waals surface area contributed by atoms with Crippen molar-refractivity contribution in [2.45, 2.75) is 90.0 Å². The Morgan fingerprint density at radius 3 is 2.34 bits per heavy atom. The van der Waals surface area contributed by atoms with Crippen molar-refractivity contribution in [2.75, 3.05) is 19.6 Å². The number of piperidine rings is 2. The Kier molecular flexibility index (Phi) is 10.8. The minimum Gasteiger partial charge on any atom is -0.343 e. The van der Waals surface area contributed by atoms with Crippen LogP contribution in [0.2, 0.25) is 0 Å². The van der Waals surface area contributed by atoms with Gasteiger partial charge in [0.1, 0.15) is 0 Å². The molecule has 298 valence electrons. The Morgan fingerprint density at radius 1 is 0.931 bits per heavy atom. The van der Waals surface area contributed by atoms with Crippen LogP contribution in [0.3, 0.4) is 0 Å². The Labute approximate surface area is 338 Å². The number of H-pyrrole nitrogens is 1. The van der Waals surface area contributed by atoms with Crippen LogP contribution in [0.15, 0.2) is 83.5 Å². The number of amides is 3. The molecule has 12 nitrogen and oxygen atoms in total. The highest BCUT2D eigenvalue weighted by molar-refractivity contribution is 6.01. The van der Waals surface area contributed by atoms with Gasteiger partial charge in [-0.15, -0.1) is 0 Å². The van der Waals surface area contributed by atoms with Crippen LogP contribution in [-0.2, 0) is 21.4 Å². The van der Waals surface area contributed by atoms with Crippen LogP contribution < -0.4 is 10.6 Å². The number of carbonyl (C=O) groups excluding carboxylic acids is 3. The van der Waals surface area contributed by atoms with Crippen LogP contribution in [0.1, 0.15) is 116 Å². The van der Waals surface area contributed by atoms with E-state index in [-0.39, 0.29) is 40.9 Å². The van der Waals surface area contributed by atoms with Crippen LogP contribution in [0.4, 0.5) is 0 Å². The summed E-state index contributed by atoms with van der Waals surface area (Å²) < 4.78 is 5.31. The molecule has 3 N–H and O–H groups in total. The number of hydrogen-bond donors (Lipinski definition) is 3. The predicted octanol–water partition coefficient (Wildman–Crippen LogP) is 7.71. The largest absolute Gasteiger partial charge is 0.343 e. The first-order chi connectivity index (χ1) is 27.9. The molecule has 2 unspecified atom stereocenters. The maximum absolute atomic E-state index is 12.9. The second kappa shape index (κ2) is 16.1. The lowest BCUT2D eigenvalue weighted by Crippen LogP contribution is -2.39. The maximum atomic E-state index is 12.9. The van der Waals surface area contributed by atoms with E-state index in [1.165, 1.54) is 11.1 Å². The summed E-state index contributed by atoms with van der Waals surface area (Å²) >= 11 is 0. The molecular weight excluding hydrogens is 729 g/mol. The summed E-state index contributed by atoms with van der Waals surface area (Å²) in [5.74, 6) is -0.0158. The minimum absolute atomic E-state index is 0.0240. The van der Waals surface area contributed by atoms with E-state index >= 15 is 0 Å². The highest BCUT2D eigenvalue weighted by atomic mass is 16.5. The molecular formula is C46H50N8O4. The first kappa shape index (κ1) is 38.8. The van der Waals surface area contributed by atoms with E-state index < -0.39 is 0 Å². The third-order valence-electron chi connectivity index (χ3n) is 11.7. The number of hydrogen-bond acceptors (Lipinski definition) is 9. The van der Waals surface area contributed by atoms with Crippen LogP contribution in [0, 0.1) is 6.92 Å². The van der Waals surface area contributed by atoms with Gasteiger partial charge in [-0.2, -0.15) is 10.1 Å². The number of aromatic nitrogens is 5. The number of nitrogens with zero attached hydrogens (tertiary/aromatic N) is 5. The molecule has 6 aromatic rings. The fraction of sp³-hybridized carbons (Fsp3) is 0.370. The molecule has 2 atom stereocenters. The first-order valence-electron chi connectivity index (χ1n) is 20.2. The van der Waals surface area contributed by atoms with Crippen molar-refractivity contribution in [3.8, 4) is 22.4 Å². The quantitative estimate of drug-likeness (QED) is 0.118. The monoisotopic (exact) mass is 778 g/mol. The predicted molar refractivity (Wildman–Crippen MR) is 222 cm³/mol. The van der Waals surface area contributed by atoms with Gasteiger partial charge in [-0.25, -0.2) is 4.98 Å². The van der Waals surface area contributed by atoms with E-state index in [2.05, 4.69) is 84.4 Å². The SMILES string of the molecule is Cc1cc(-c2[nH]nc3ncc(-c4ccc(C5CCN(CCc6ccc(C7CCC(=O)NC7=O)cc6)CC5)cc4)cc23)ccc1C(C)NC(=O)c1noc(C(C)(C)C)n1. The smallest absolute Gasteiger partial charge is 0.293 e. The van der Waals surface area contributed by atoms with Crippen LogP contribution in [0.5, 0.6) is 0 Å². The van der Waals surface area contributed by atoms with Crippen molar-refractivity contribution in [2.24, 2.45) is 0 Å². The van der Waals surface area contributed by atoms with E-state index in [1.807, 2.05) is 65.1 Å². The van der Waals surface area contributed by atoms with Gasteiger partial charge in [0.2, 0.25) is 17.7 Å². The molecule has 3 aromatic heterocycles. The summed E-state index contributed by atoms with van der Waals surface area (Å²) in [6, 6.07) is 25.3. The number of nitrogens with one attached hydrogen (secondary N) is 3. The Balaban J connectivity index is 0.865. The van der Waals surface area contributed by atoms with Crippen molar-refractivity contribution in [3.63, 3.8) is 0 Å². The summed E-state index contributed by atoms with van der Waals surface area (Å²) in [5, 5.41) is 18.0.